The molecule has 0 aliphatic carbocycles. The number of carbonyl (C=O) groups excluding carboxylic acids is 1. The Balaban J connectivity index is 3.31. The fourth-order valence-electron chi connectivity index (χ4n) is 1.83. The lowest BCUT2D eigenvalue weighted by molar-refractivity contribution is -0.386. The van der Waals surface area contributed by atoms with E-state index in [1.54, 1.807) is 11.6 Å². The average Bonchev–Trinajstić information content (AvgIpc) is 2.53. The minimum atomic E-state index is -0.520. The first-order valence-corrected chi connectivity index (χ1v) is 6.31. The predicted molar refractivity (Wildman–Crippen MR) is 72.2 cm³/mol. The van der Waals surface area contributed by atoms with Crippen molar-refractivity contribution < 1.29 is 9.72 Å². The van der Waals surface area contributed by atoms with Crippen molar-refractivity contribution in [2.24, 2.45) is 5.41 Å². The van der Waals surface area contributed by atoms with Gasteiger partial charge in [-0.2, -0.15) is 5.10 Å². The van der Waals surface area contributed by atoms with Crippen molar-refractivity contribution in [3.8, 4) is 0 Å². The first-order chi connectivity index (χ1) is 8.55. The summed E-state index contributed by atoms with van der Waals surface area (Å²) in [6.45, 7) is 10.8. The van der Waals surface area contributed by atoms with Crippen molar-refractivity contribution in [1.29, 1.82) is 0 Å². The maximum atomic E-state index is 12.1. The summed E-state index contributed by atoms with van der Waals surface area (Å²) >= 11 is 0. The van der Waals surface area contributed by atoms with Crippen molar-refractivity contribution in [3.05, 3.63) is 21.5 Å². The topological polar surface area (TPSA) is 78.0 Å². The van der Waals surface area contributed by atoms with Crippen LogP contribution in [0.25, 0.3) is 0 Å². The Bertz CT molecular complexity index is 510. The standard InChI is InChI=1S/C13H21N3O3/c1-8(2)15-10(7-11(17)13(4,5)6)12(16(18)19)9(3)14-15/h8H,7H2,1-6H3. The summed E-state index contributed by atoms with van der Waals surface area (Å²) in [7, 11) is 0. The Labute approximate surface area is 113 Å². The van der Waals surface area contributed by atoms with E-state index in [1.807, 2.05) is 34.6 Å². The molecule has 0 aliphatic rings. The molecule has 0 radical (unpaired) electrons. The third-order valence-electron chi connectivity index (χ3n) is 2.99. The van der Waals surface area contributed by atoms with Gasteiger partial charge in [0, 0.05) is 11.5 Å². The Morgan fingerprint density at radius 2 is 1.95 bits per heavy atom. The first-order valence-electron chi connectivity index (χ1n) is 6.31. The molecule has 0 saturated carbocycles. The molecule has 19 heavy (non-hydrogen) atoms. The number of rotatable bonds is 4. The molecule has 0 unspecified atom stereocenters. The molecule has 0 bridgehead atoms. The lowest BCUT2D eigenvalue weighted by Crippen LogP contribution is -2.24. The number of nitrogens with zero attached hydrogens (tertiary/aromatic N) is 3. The number of aromatic nitrogens is 2. The average molecular weight is 267 g/mol. The second-order valence-electron chi connectivity index (χ2n) is 6.03. The van der Waals surface area contributed by atoms with Gasteiger partial charge in [-0.25, -0.2) is 0 Å². The Morgan fingerprint density at radius 3 is 2.32 bits per heavy atom. The van der Waals surface area contributed by atoms with E-state index in [0.29, 0.717) is 11.4 Å². The normalized spacial score (nSPS) is 11.9. The van der Waals surface area contributed by atoms with E-state index in [9.17, 15) is 14.9 Å². The molecule has 1 heterocycles. The predicted octanol–water partition coefficient (Wildman–Crippen LogP) is 2.84. The molecule has 0 fully saturated rings. The van der Waals surface area contributed by atoms with Gasteiger partial charge in [-0.05, 0) is 20.8 Å². The molecule has 0 atom stereocenters. The van der Waals surface area contributed by atoms with Crippen LogP contribution in [-0.2, 0) is 11.2 Å². The van der Waals surface area contributed by atoms with E-state index < -0.39 is 10.3 Å². The Morgan fingerprint density at radius 1 is 1.42 bits per heavy atom. The highest BCUT2D eigenvalue weighted by Crippen LogP contribution is 2.28. The zero-order valence-electron chi connectivity index (χ0n) is 12.4. The lowest BCUT2D eigenvalue weighted by Gasteiger charge is -2.17. The lowest BCUT2D eigenvalue weighted by atomic mass is 9.88. The number of nitro groups is 1. The Hall–Kier alpha value is -1.72. The highest BCUT2D eigenvalue weighted by atomic mass is 16.6. The van der Waals surface area contributed by atoms with Crippen molar-refractivity contribution in [3.63, 3.8) is 0 Å². The van der Waals surface area contributed by atoms with E-state index in [2.05, 4.69) is 5.10 Å². The quantitative estimate of drug-likeness (QED) is 0.620. The molecule has 0 spiro atoms. The zero-order chi connectivity index (χ0) is 15.0. The fraction of sp³-hybridized carbons (Fsp3) is 0.692. The highest BCUT2D eigenvalue weighted by Gasteiger charge is 2.31. The molecule has 0 amide bonds. The summed E-state index contributed by atoms with van der Waals surface area (Å²) in [5.41, 5.74) is 0.201. The van der Waals surface area contributed by atoms with Crippen LogP contribution in [0.2, 0.25) is 0 Å². The molecule has 106 valence electrons. The molecule has 0 N–H and O–H groups in total. The minimum absolute atomic E-state index is 0.0184. The van der Waals surface area contributed by atoms with Gasteiger partial charge in [0.2, 0.25) is 0 Å². The van der Waals surface area contributed by atoms with Crippen LogP contribution in [0.15, 0.2) is 0 Å². The summed E-state index contributed by atoms with van der Waals surface area (Å²) < 4.78 is 1.58. The number of ketones is 1. The number of carbonyl (C=O) groups is 1. The maximum Gasteiger partial charge on any atom is 0.313 e. The van der Waals surface area contributed by atoms with Crippen molar-refractivity contribution >= 4 is 11.5 Å². The summed E-state index contributed by atoms with van der Waals surface area (Å²) in [5.74, 6) is -0.0302. The van der Waals surface area contributed by atoms with Crippen LogP contribution >= 0.6 is 0 Å². The summed E-state index contributed by atoms with van der Waals surface area (Å²) in [4.78, 5) is 22.8. The second kappa shape index (κ2) is 5.11. The number of Topliss-reactive ketones (excluding diaryl/α,β-unsaturated/α-hetero) is 1. The van der Waals surface area contributed by atoms with Crippen LogP contribution in [0.4, 0.5) is 5.69 Å². The molecular formula is C13H21N3O3. The maximum absolute atomic E-state index is 12.1. The van der Waals surface area contributed by atoms with Gasteiger partial charge in [0.1, 0.15) is 17.2 Å². The van der Waals surface area contributed by atoms with E-state index >= 15 is 0 Å². The highest BCUT2D eigenvalue weighted by molar-refractivity contribution is 5.86. The van der Waals surface area contributed by atoms with Gasteiger partial charge in [-0.1, -0.05) is 20.8 Å². The van der Waals surface area contributed by atoms with Gasteiger partial charge in [0.25, 0.3) is 0 Å². The molecule has 1 rings (SSSR count). The first kappa shape index (κ1) is 15.3. The van der Waals surface area contributed by atoms with Crippen LogP contribution in [0.3, 0.4) is 0 Å². The van der Waals surface area contributed by atoms with Crippen molar-refractivity contribution in [2.45, 2.75) is 54.0 Å². The number of hydrogen-bond acceptors (Lipinski definition) is 4. The van der Waals surface area contributed by atoms with Gasteiger partial charge < -0.3 is 0 Å². The van der Waals surface area contributed by atoms with Gasteiger partial charge in [0.15, 0.2) is 0 Å². The Kier molecular flexibility index (Phi) is 4.12. The molecule has 6 nitrogen and oxygen atoms in total. The fourth-order valence-corrected chi connectivity index (χ4v) is 1.83. The van der Waals surface area contributed by atoms with Crippen LogP contribution in [0, 0.1) is 22.5 Å². The van der Waals surface area contributed by atoms with Crippen LogP contribution in [0.5, 0.6) is 0 Å². The molecule has 1 aromatic heterocycles. The molecule has 1 aromatic rings. The third-order valence-corrected chi connectivity index (χ3v) is 2.99. The van der Waals surface area contributed by atoms with E-state index in [4.69, 9.17) is 0 Å². The molecule has 6 heteroatoms. The monoisotopic (exact) mass is 267 g/mol. The zero-order valence-corrected chi connectivity index (χ0v) is 12.4. The number of aryl methyl sites for hydroxylation is 1. The summed E-state index contributed by atoms with van der Waals surface area (Å²) in [5, 5.41) is 15.3. The molecule has 0 saturated heterocycles. The summed E-state index contributed by atoms with van der Waals surface area (Å²) in [6.07, 6.45) is 0.0405. The van der Waals surface area contributed by atoms with Crippen LogP contribution in [0.1, 0.15) is 52.0 Å². The van der Waals surface area contributed by atoms with E-state index in [0.717, 1.165) is 0 Å². The largest absolute Gasteiger partial charge is 0.313 e. The van der Waals surface area contributed by atoms with Gasteiger partial charge in [-0.15, -0.1) is 0 Å². The smallest absolute Gasteiger partial charge is 0.299 e. The van der Waals surface area contributed by atoms with Crippen molar-refractivity contribution in [1.82, 2.24) is 9.78 Å². The number of hydrogen-bond donors (Lipinski definition) is 0. The van der Waals surface area contributed by atoms with Gasteiger partial charge in [-0.3, -0.25) is 19.6 Å². The van der Waals surface area contributed by atoms with Crippen LogP contribution in [-0.4, -0.2) is 20.5 Å². The summed E-state index contributed by atoms with van der Waals surface area (Å²) in [6, 6.07) is -0.0184. The van der Waals surface area contributed by atoms with Crippen molar-refractivity contribution in [2.75, 3.05) is 0 Å². The minimum Gasteiger partial charge on any atom is -0.299 e. The van der Waals surface area contributed by atoms with Gasteiger partial charge >= 0.3 is 5.69 Å². The molecular weight excluding hydrogens is 246 g/mol. The second-order valence-corrected chi connectivity index (χ2v) is 6.03. The van der Waals surface area contributed by atoms with Gasteiger partial charge in [0.05, 0.1) is 11.3 Å². The molecule has 0 aromatic carbocycles. The SMILES string of the molecule is Cc1nn(C(C)C)c(CC(=O)C(C)(C)C)c1[N+](=O)[O-]. The third kappa shape index (κ3) is 3.19. The van der Waals surface area contributed by atoms with E-state index in [1.165, 1.54) is 0 Å². The van der Waals surface area contributed by atoms with Crippen LogP contribution < -0.4 is 0 Å². The molecule has 0 aliphatic heterocycles. The van der Waals surface area contributed by atoms with E-state index in [-0.39, 0.29) is 23.9 Å².